The van der Waals surface area contributed by atoms with Crippen molar-refractivity contribution in [1.29, 1.82) is 0 Å². The maximum Gasteiger partial charge on any atom is 0.107 e. The summed E-state index contributed by atoms with van der Waals surface area (Å²) in [5.41, 5.74) is 0.772. The Kier molecular flexibility index (Phi) is 3.45. The van der Waals surface area contributed by atoms with E-state index in [0.29, 0.717) is 0 Å². The van der Waals surface area contributed by atoms with E-state index in [0.717, 1.165) is 32.0 Å². The minimum atomic E-state index is 0.772. The molecule has 0 aromatic carbocycles. The summed E-state index contributed by atoms with van der Waals surface area (Å²) < 4.78 is 5.22. The first kappa shape index (κ1) is 9.85. The van der Waals surface area contributed by atoms with Gasteiger partial charge in [0, 0.05) is 19.3 Å². The molecule has 6 nitrogen and oxygen atoms in total. The first-order valence-corrected chi connectivity index (χ1v) is 4.82. The van der Waals surface area contributed by atoms with Crippen LogP contribution in [-0.2, 0) is 4.74 Å². The number of hydrogen-bond acceptors (Lipinski definition) is 4. The highest BCUT2D eigenvalue weighted by Crippen LogP contribution is 1.95. The molecule has 80 valence electrons. The number of ether oxygens (including phenoxy) is 1. The Hall–Kier alpha value is -1.69. The number of aliphatic imine (C=N–C) groups is 1. The van der Waals surface area contributed by atoms with Gasteiger partial charge in [0.1, 0.15) is 5.69 Å². The Morgan fingerprint density at radius 1 is 1.47 bits per heavy atom. The Bertz CT molecular complexity index is 326. The van der Waals surface area contributed by atoms with Crippen molar-refractivity contribution in [2.45, 2.75) is 0 Å². The van der Waals surface area contributed by atoms with Crippen LogP contribution in [0.25, 0.3) is 6.08 Å². The molecule has 6 heteroatoms. The molecule has 1 aliphatic heterocycles. The molecule has 1 saturated heterocycles. The zero-order valence-corrected chi connectivity index (χ0v) is 8.33. The van der Waals surface area contributed by atoms with Gasteiger partial charge in [-0.3, -0.25) is 0 Å². The molecule has 1 aliphatic rings. The van der Waals surface area contributed by atoms with Gasteiger partial charge in [0.2, 0.25) is 0 Å². The minimum Gasteiger partial charge on any atom is -0.378 e. The summed E-state index contributed by atoms with van der Waals surface area (Å²) in [5, 5.41) is 10.1. The van der Waals surface area contributed by atoms with E-state index in [9.17, 15) is 0 Å². The second-order valence-corrected chi connectivity index (χ2v) is 3.12. The van der Waals surface area contributed by atoms with E-state index in [1.807, 2.05) is 6.34 Å². The van der Waals surface area contributed by atoms with Crippen molar-refractivity contribution in [3.8, 4) is 0 Å². The average molecular weight is 207 g/mol. The van der Waals surface area contributed by atoms with Crippen molar-refractivity contribution in [3.63, 3.8) is 0 Å². The van der Waals surface area contributed by atoms with Gasteiger partial charge in [-0.05, 0) is 6.08 Å². The zero-order valence-electron chi connectivity index (χ0n) is 8.33. The molecule has 2 rings (SSSR count). The van der Waals surface area contributed by atoms with Crippen LogP contribution in [0.4, 0.5) is 0 Å². The van der Waals surface area contributed by atoms with Crippen molar-refractivity contribution in [3.05, 3.63) is 18.1 Å². The lowest BCUT2D eigenvalue weighted by Gasteiger charge is -2.23. The monoisotopic (exact) mass is 207 g/mol. The van der Waals surface area contributed by atoms with E-state index in [1.54, 1.807) is 18.5 Å². The SMILES string of the molecule is C(=N/C=C\c1cn[nH]n1)N1CCOCC1. The molecule has 0 amide bonds. The number of nitrogens with zero attached hydrogens (tertiary/aromatic N) is 4. The molecule has 1 aromatic rings. The van der Waals surface area contributed by atoms with Gasteiger partial charge >= 0.3 is 0 Å². The molecule has 1 N–H and O–H groups in total. The maximum atomic E-state index is 5.22. The van der Waals surface area contributed by atoms with Gasteiger partial charge in [-0.2, -0.15) is 15.4 Å². The van der Waals surface area contributed by atoms with Crippen LogP contribution in [0.1, 0.15) is 5.69 Å². The summed E-state index contributed by atoms with van der Waals surface area (Å²) in [6.07, 6.45) is 6.95. The Morgan fingerprint density at radius 3 is 3.07 bits per heavy atom. The topological polar surface area (TPSA) is 66.4 Å². The predicted molar refractivity (Wildman–Crippen MR) is 56.3 cm³/mol. The van der Waals surface area contributed by atoms with E-state index in [2.05, 4.69) is 25.3 Å². The molecule has 0 unspecified atom stereocenters. The van der Waals surface area contributed by atoms with Crippen molar-refractivity contribution in [1.82, 2.24) is 20.3 Å². The van der Waals surface area contributed by atoms with Gasteiger partial charge in [0.25, 0.3) is 0 Å². The van der Waals surface area contributed by atoms with Crippen molar-refractivity contribution < 1.29 is 4.74 Å². The number of nitrogens with one attached hydrogen (secondary N) is 1. The smallest absolute Gasteiger partial charge is 0.107 e. The quantitative estimate of drug-likeness (QED) is 0.565. The van der Waals surface area contributed by atoms with Gasteiger partial charge in [-0.15, -0.1) is 0 Å². The van der Waals surface area contributed by atoms with Crippen LogP contribution in [0.5, 0.6) is 0 Å². The Balaban J connectivity index is 1.79. The van der Waals surface area contributed by atoms with Crippen LogP contribution in [0.2, 0.25) is 0 Å². The lowest BCUT2D eigenvalue weighted by Crippen LogP contribution is -2.34. The molecule has 1 aromatic heterocycles. The average Bonchev–Trinajstić information content (AvgIpc) is 2.79. The number of aromatic nitrogens is 3. The molecule has 15 heavy (non-hydrogen) atoms. The largest absolute Gasteiger partial charge is 0.378 e. The van der Waals surface area contributed by atoms with Gasteiger partial charge in [-0.25, -0.2) is 4.99 Å². The minimum absolute atomic E-state index is 0.772. The van der Waals surface area contributed by atoms with Gasteiger partial charge in [-0.1, -0.05) is 0 Å². The molecule has 0 bridgehead atoms. The molecule has 0 radical (unpaired) electrons. The van der Waals surface area contributed by atoms with Crippen LogP contribution in [-0.4, -0.2) is 53.0 Å². The van der Waals surface area contributed by atoms with Crippen LogP contribution in [0.3, 0.4) is 0 Å². The lowest BCUT2D eigenvalue weighted by atomic mass is 10.4. The van der Waals surface area contributed by atoms with E-state index in [1.165, 1.54) is 0 Å². The molecule has 0 spiro atoms. The third kappa shape index (κ3) is 3.17. The second kappa shape index (κ2) is 5.26. The number of morpholine rings is 1. The Labute approximate surface area is 87.6 Å². The molecule has 0 aliphatic carbocycles. The van der Waals surface area contributed by atoms with Gasteiger partial charge in [0.05, 0.1) is 25.7 Å². The molecular weight excluding hydrogens is 194 g/mol. The first-order valence-electron chi connectivity index (χ1n) is 4.82. The summed E-state index contributed by atoms with van der Waals surface area (Å²) in [4.78, 5) is 6.27. The highest BCUT2D eigenvalue weighted by molar-refractivity contribution is 5.57. The van der Waals surface area contributed by atoms with Crippen molar-refractivity contribution >= 4 is 12.4 Å². The van der Waals surface area contributed by atoms with Crippen molar-refractivity contribution in [2.75, 3.05) is 26.3 Å². The van der Waals surface area contributed by atoms with Crippen LogP contribution in [0, 0.1) is 0 Å². The third-order valence-corrected chi connectivity index (χ3v) is 2.04. The van der Waals surface area contributed by atoms with E-state index >= 15 is 0 Å². The fourth-order valence-corrected chi connectivity index (χ4v) is 1.24. The fourth-order valence-electron chi connectivity index (χ4n) is 1.24. The first-order chi connectivity index (χ1) is 7.45. The third-order valence-electron chi connectivity index (χ3n) is 2.04. The van der Waals surface area contributed by atoms with E-state index in [4.69, 9.17) is 4.74 Å². The molecule has 2 heterocycles. The van der Waals surface area contributed by atoms with Crippen LogP contribution in [0.15, 0.2) is 17.4 Å². The molecule has 0 saturated carbocycles. The maximum absolute atomic E-state index is 5.22. The number of aromatic amines is 1. The molecular formula is C9H13N5O. The lowest BCUT2D eigenvalue weighted by molar-refractivity contribution is 0.0701. The normalized spacial score (nSPS) is 18.0. The van der Waals surface area contributed by atoms with E-state index < -0.39 is 0 Å². The zero-order chi connectivity index (χ0) is 10.3. The van der Waals surface area contributed by atoms with Crippen LogP contribution < -0.4 is 0 Å². The summed E-state index contributed by atoms with van der Waals surface area (Å²) in [7, 11) is 0. The standard InChI is InChI=1S/C9H13N5O/c1(9-7-11-13-12-9)2-10-8-14-3-5-15-6-4-14/h1-2,7-8H,3-6H2,(H,11,12,13)/b2-1-,10-8?. The summed E-state index contributed by atoms with van der Waals surface area (Å²) in [6.45, 7) is 3.36. The highest BCUT2D eigenvalue weighted by atomic mass is 16.5. The molecule has 0 atom stereocenters. The number of rotatable bonds is 3. The van der Waals surface area contributed by atoms with Crippen molar-refractivity contribution in [2.24, 2.45) is 4.99 Å². The number of hydrogen-bond donors (Lipinski definition) is 1. The number of H-pyrrole nitrogens is 1. The second-order valence-electron chi connectivity index (χ2n) is 3.12. The highest BCUT2D eigenvalue weighted by Gasteiger charge is 2.04. The molecule has 1 fully saturated rings. The summed E-state index contributed by atoms with van der Waals surface area (Å²) in [5.74, 6) is 0. The summed E-state index contributed by atoms with van der Waals surface area (Å²) >= 11 is 0. The summed E-state index contributed by atoms with van der Waals surface area (Å²) in [6, 6.07) is 0. The predicted octanol–water partition coefficient (Wildman–Crippen LogP) is 0.136. The van der Waals surface area contributed by atoms with E-state index in [-0.39, 0.29) is 0 Å². The van der Waals surface area contributed by atoms with Gasteiger partial charge < -0.3 is 9.64 Å². The Morgan fingerprint density at radius 2 is 2.33 bits per heavy atom. The van der Waals surface area contributed by atoms with Gasteiger partial charge in [0.15, 0.2) is 0 Å². The fraction of sp³-hybridized carbons (Fsp3) is 0.444. The van der Waals surface area contributed by atoms with Crippen LogP contribution >= 0.6 is 0 Å².